The molecule has 7 nitrogen and oxygen atoms in total. The Kier molecular flexibility index (Phi) is 8.57. The van der Waals surface area contributed by atoms with Crippen LogP contribution in [0.15, 0.2) is 24.3 Å². The molecule has 1 aromatic rings. The molecule has 2 aliphatic heterocycles. The number of hydrogen-bond acceptors (Lipinski definition) is 4. The standard InChI is InChI=1S/C19H27FN2O.C2H2O4/c1-15-6-12-22(13-7-15)19(23)16-8-10-21(11-9-16)14-17-4-2-3-5-18(17)20;3-1(4)2(5)6/h2-5,15-16H,6-14H2,1H3;(H,3,4)(H,5,6). The van der Waals surface area contributed by atoms with Gasteiger partial charge in [-0.15, -0.1) is 0 Å². The van der Waals surface area contributed by atoms with Gasteiger partial charge in [-0.2, -0.15) is 0 Å². The predicted molar refractivity (Wildman–Crippen MR) is 105 cm³/mol. The molecule has 160 valence electrons. The number of halogens is 1. The number of hydrogen-bond donors (Lipinski definition) is 2. The highest BCUT2D eigenvalue weighted by molar-refractivity contribution is 6.27. The van der Waals surface area contributed by atoms with E-state index >= 15 is 0 Å². The maximum Gasteiger partial charge on any atom is 0.414 e. The first-order valence-electron chi connectivity index (χ1n) is 9.98. The van der Waals surface area contributed by atoms with E-state index < -0.39 is 11.9 Å². The van der Waals surface area contributed by atoms with Gasteiger partial charge in [-0.3, -0.25) is 9.69 Å². The molecule has 2 N–H and O–H groups in total. The van der Waals surface area contributed by atoms with E-state index in [4.69, 9.17) is 19.8 Å². The highest BCUT2D eigenvalue weighted by Crippen LogP contribution is 2.24. The molecule has 2 heterocycles. The maximum absolute atomic E-state index is 13.7. The van der Waals surface area contributed by atoms with Gasteiger partial charge in [0.25, 0.3) is 0 Å². The molecule has 0 atom stereocenters. The highest BCUT2D eigenvalue weighted by Gasteiger charge is 2.30. The van der Waals surface area contributed by atoms with Gasteiger partial charge in [0.1, 0.15) is 5.82 Å². The third-order valence-corrected chi connectivity index (χ3v) is 5.57. The minimum atomic E-state index is -1.82. The summed E-state index contributed by atoms with van der Waals surface area (Å²) in [6, 6.07) is 6.97. The smallest absolute Gasteiger partial charge is 0.414 e. The molecule has 29 heavy (non-hydrogen) atoms. The molecule has 1 amide bonds. The fraction of sp³-hybridized carbons (Fsp3) is 0.571. The normalized spacial score (nSPS) is 18.6. The molecule has 0 spiro atoms. The number of carboxylic acids is 2. The largest absolute Gasteiger partial charge is 0.473 e. The molecule has 0 saturated carbocycles. The summed E-state index contributed by atoms with van der Waals surface area (Å²) in [5, 5.41) is 14.8. The molecule has 0 unspecified atom stereocenters. The summed E-state index contributed by atoms with van der Waals surface area (Å²) in [7, 11) is 0. The molecule has 2 aliphatic rings. The van der Waals surface area contributed by atoms with Crippen molar-refractivity contribution in [2.24, 2.45) is 11.8 Å². The van der Waals surface area contributed by atoms with Gasteiger partial charge < -0.3 is 15.1 Å². The van der Waals surface area contributed by atoms with Crippen LogP contribution in [0.3, 0.4) is 0 Å². The fourth-order valence-corrected chi connectivity index (χ4v) is 3.69. The summed E-state index contributed by atoms with van der Waals surface area (Å²) < 4.78 is 13.7. The number of amides is 1. The Bertz CT molecular complexity index is 699. The topological polar surface area (TPSA) is 98.2 Å². The molecule has 3 rings (SSSR count). The zero-order valence-electron chi connectivity index (χ0n) is 16.7. The van der Waals surface area contributed by atoms with Crippen LogP contribution in [-0.2, 0) is 20.9 Å². The number of carbonyl (C=O) groups excluding carboxylic acids is 1. The zero-order valence-corrected chi connectivity index (χ0v) is 16.7. The summed E-state index contributed by atoms with van der Waals surface area (Å²) in [4.78, 5) is 35.2. The Balaban J connectivity index is 0.000000438. The second kappa shape index (κ2) is 10.9. The first kappa shape index (κ1) is 22.8. The van der Waals surface area contributed by atoms with Gasteiger partial charge in [-0.25, -0.2) is 14.0 Å². The molecule has 0 bridgehead atoms. The van der Waals surface area contributed by atoms with Crippen LogP contribution in [0.4, 0.5) is 4.39 Å². The van der Waals surface area contributed by atoms with E-state index in [1.165, 1.54) is 6.07 Å². The molecule has 2 fully saturated rings. The first-order chi connectivity index (χ1) is 13.8. The quantitative estimate of drug-likeness (QED) is 0.746. The van der Waals surface area contributed by atoms with Gasteiger partial charge >= 0.3 is 11.9 Å². The van der Waals surface area contributed by atoms with Gasteiger partial charge in [-0.05, 0) is 50.8 Å². The number of likely N-dealkylation sites (tertiary alicyclic amines) is 2. The Morgan fingerprint density at radius 1 is 0.966 bits per heavy atom. The number of aliphatic carboxylic acids is 2. The second-order valence-corrected chi connectivity index (χ2v) is 7.76. The van der Waals surface area contributed by atoms with Crippen LogP contribution in [-0.4, -0.2) is 64.0 Å². The number of benzene rings is 1. The van der Waals surface area contributed by atoms with Crippen molar-refractivity contribution in [3.05, 3.63) is 35.6 Å². The van der Waals surface area contributed by atoms with Crippen LogP contribution in [0.25, 0.3) is 0 Å². The van der Waals surface area contributed by atoms with Crippen molar-refractivity contribution in [3.63, 3.8) is 0 Å². The Hall–Kier alpha value is -2.48. The van der Waals surface area contributed by atoms with E-state index in [1.807, 2.05) is 12.1 Å². The summed E-state index contributed by atoms with van der Waals surface area (Å²) in [6.45, 7) is 6.53. The lowest BCUT2D eigenvalue weighted by Crippen LogP contribution is -2.45. The van der Waals surface area contributed by atoms with Crippen molar-refractivity contribution in [2.45, 2.75) is 39.2 Å². The summed E-state index contributed by atoms with van der Waals surface area (Å²) in [5.74, 6) is -2.51. The van der Waals surface area contributed by atoms with Gasteiger partial charge in [0.05, 0.1) is 0 Å². The van der Waals surface area contributed by atoms with E-state index in [0.717, 1.165) is 63.3 Å². The van der Waals surface area contributed by atoms with Crippen LogP contribution >= 0.6 is 0 Å². The average molecular weight is 408 g/mol. The lowest BCUT2D eigenvalue weighted by Gasteiger charge is -2.36. The predicted octanol–water partition coefficient (Wildman–Crippen LogP) is 2.45. The molecule has 0 radical (unpaired) electrons. The summed E-state index contributed by atoms with van der Waals surface area (Å²) in [5.41, 5.74) is 0.752. The number of nitrogens with zero attached hydrogens (tertiary/aromatic N) is 2. The van der Waals surface area contributed by atoms with Gasteiger partial charge in [-0.1, -0.05) is 25.1 Å². The van der Waals surface area contributed by atoms with E-state index in [1.54, 1.807) is 6.07 Å². The minimum Gasteiger partial charge on any atom is -0.473 e. The zero-order chi connectivity index (χ0) is 21.4. The van der Waals surface area contributed by atoms with Crippen molar-refractivity contribution in [2.75, 3.05) is 26.2 Å². The van der Waals surface area contributed by atoms with Crippen molar-refractivity contribution in [3.8, 4) is 0 Å². The monoisotopic (exact) mass is 408 g/mol. The average Bonchev–Trinajstić information content (AvgIpc) is 2.71. The van der Waals surface area contributed by atoms with Crippen molar-refractivity contribution in [1.29, 1.82) is 0 Å². The SMILES string of the molecule is CC1CCN(C(=O)C2CCN(Cc3ccccc3F)CC2)CC1.O=C(O)C(=O)O. The Labute approximate surface area is 170 Å². The lowest BCUT2D eigenvalue weighted by molar-refractivity contribution is -0.159. The molecular formula is C21H29FN2O5. The third kappa shape index (κ3) is 7.12. The summed E-state index contributed by atoms with van der Waals surface area (Å²) in [6.07, 6.45) is 4.08. The number of piperidine rings is 2. The Morgan fingerprint density at radius 3 is 2.03 bits per heavy atom. The number of carbonyl (C=O) groups is 3. The molecule has 1 aromatic carbocycles. The van der Waals surface area contributed by atoms with Crippen LogP contribution in [0.2, 0.25) is 0 Å². The van der Waals surface area contributed by atoms with Crippen molar-refractivity contribution < 1.29 is 29.0 Å². The minimum absolute atomic E-state index is 0.131. The van der Waals surface area contributed by atoms with Gasteiger partial charge in [0.15, 0.2) is 0 Å². The number of rotatable bonds is 3. The van der Waals surface area contributed by atoms with Crippen molar-refractivity contribution in [1.82, 2.24) is 9.80 Å². The van der Waals surface area contributed by atoms with E-state index in [9.17, 15) is 9.18 Å². The van der Waals surface area contributed by atoms with Crippen molar-refractivity contribution >= 4 is 17.8 Å². The fourth-order valence-electron chi connectivity index (χ4n) is 3.69. The molecular weight excluding hydrogens is 379 g/mol. The van der Waals surface area contributed by atoms with E-state index in [2.05, 4.69) is 16.7 Å². The molecule has 2 saturated heterocycles. The maximum atomic E-state index is 13.7. The van der Waals surface area contributed by atoms with E-state index in [0.29, 0.717) is 12.5 Å². The molecule has 0 aliphatic carbocycles. The lowest BCUT2D eigenvalue weighted by atomic mass is 9.92. The van der Waals surface area contributed by atoms with Gasteiger partial charge in [0, 0.05) is 31.1 Å². The van der Waals surface area contributed by atoms with Crippen LogP contribution < -0.4 is 0 Å². The number of carboxylic acid groups (broad SMARTS) is 2. The molecule has 0 aromatic heterocycles. The van der Waals surface area contributed by atoms with Gasteiger partial charge in [0.2, 0.25) is 5.91 Å². The molecule has 8 heteroatoms. The first-order valence-corrected chi connectivity index (χ1v) is 9.98. The Morgan fingerprint density at radius 2 is 1.52 bits per heavy atom. The van der Waals surface area contributed by atoms with Crippen LogP contribution in [0.1, 0.15) is 38.2 Å². The van der Waals surface area contributed by atoms with E-state index in [-0.39, 0.29) is 11.7 Å². The highest BCUT2D eigenvalue weighted by atomic mass is 19.1. The van der Waals surface area contributed by atoms with Crippen LogP contribution in [0.5, 0.6) is 0 Å². The third-order valence-electron chi connectivity index (χ3n) is 5.57. The second-order valence-electron chi connectivity index (χ2n) is 7.76. The van der Waals surface area contributed by atoms with Crippen LogP contribution in [0, 0.1) is 17.7 Å². The summed E-state index contributed by atoms with van der Waals surface area (Å²) >= 11 is 0.